The van der Waals surface area contributed by atoms with Crippen molar-refractivity contribution >= 4 is 17.2 Å². The van der Waals surface area contributed by atoms with Crippen molar-refractivity contribution in [3.8, 4) is 0 Å². The van der Waals surface area contributed by atoms with Gasteiger partial charge in [0.2, 0.25) is 0 Å². The minimum Gasteiger partial charge on any atom is -0.372 e. The molecule has 2 aromatic rings. The van der Waals surface area contributed by atoms with Crippen LogP contribution in [0.5, 0.6) is 0 Å². The highest BCUT2D eigenvalue weighted by molar-refractivity contribution is 7.12. The van der Waals surface area contributed by atoms with Gasteiger partial charge in [0.15, 0.2) is 0 Å². The Hall–Kier alpha value is -1.66. The molecule has 0 radical (unpaired) electrons. The number of nitrogens with zero attached hydrogens (tertiary/aromatic N) is 3. The van der Waals surface area contributed by atoms with Crippen molar-refractivity contribution in [2.24, 2.45) is 7.05 Å². The van der Waals surface area contributed by atoms with Gasteiger partial charge in [0.1, 0.15) is 0 Å². The molecule has 2 atom stereocenters. The molecule has 2 aliphatic rings. The second kappa shape index (κ2) is 5.76. The summed E-state index contributed by atoms with van der Waals surface area (Å²) < 4.78 is 8.07. The highest BCUT2D eigenvalue weighted by atomic mass is 32.1. The number of amides is 1. The largest absolute Gasteiger partial charge is 0.372 e. The summed E-state index contributed by atoms with van der Waals surface area (Å²) in [6, 6.07) is 3.84. The molecule has 0 unspecified atom stereocenters. The van der Waals surface area contributed by atoms with E-state index >= 15 is 0 Å². The van der Waals surface area contributed by atoms with Gasteiger partial charge < -0.3 is 9.64 Å². The molecule has 0 aliphatic carbocycles. The molecular weight excluding hydrogens is 310 g/mol. The number of hydrogen-bond donors (Lipinski definition) is 0. The normalized spacial score (nSPS) is 27.7. The quantitative estimate of drug-likeness (QED) is 0.850. The highest BCUT2D eigenvalue weighted by Crippen LogP contribution is 2.41. The summed E-state index contributed by atoms with van der Waals surface area (Å²) in [4.78, 5) is 15.4. The molecule has 0 saturated carbocycles. The monoisotopic (exact) mass is 331 g/mol. The fourth-order valence-corrected chi connectivity index (χ4v) is 4.51. The lowest BCUT2D eigenvalue weighted by atomic mass is 9.85. The summed E-state index contributed by atoms with van der Waals surface area (Å²) in [6.45, 7) is 2.27. The van der Waals surface area contributed by atoms with Gasteiger partial charge >= 0.3 is 0 Å². The Bertz CT molecular complexity index is 697. The van der Waals surface area contributed by atoms with Gasteiger partial charge in [0, 0.05) is 25.7 Å². The lowest BCUT2D eigenvalue weighted by molar-refractivity contribution is -0.0446. The molecule has 2 saturated heterocycles. The summed E-state index contributed by atoms with van der Waals surface area (Å²) in [7, 11) is 1.94. The molecule has 2 aromatic heterocycles. The second-order valence-corrected chi connectivity index (χ2v) is 7.60. The van der Waals surface area contributed by atoms with E-state index in [1.54, 1.807) is 0 Å². The molecular formula is C17H21N3O2S. The van der Waals surface area contributed by atoms with E-state index < -0.39 is 0 Å². The van der Waals surface area contributed by atoms with Crippen LogP contribution in [0.3, 0.4) is 0 Å². The average Bonchev–Trinajstić information content (AvgIpc) is 3.28. The van der Waals surface area contributed by atoms with Crippen LogP contribution >= 0.6 is 11.3 Å². The standard InChI is InChI=1S/C17H21N3O2S/c1-19-10-14(9-18-19)13-8-17(22-11-13)5-3-6-20(12-17)16(21)15-4-2-7-23-15/h2,4,7,9-10,13H,3,5-6,8,11-12H2,1H3/t13-,17+/m1/s1. The number of likely N-dealkylation sites (tertiary alicyclic amines) is 1. The van der Waals surface area contributed by atoms with E-state index in [1.807, 2.05) is 40.3 Å². The van der Waals surface area contributed by atoms with Gasteiger partial charge in [0.25, 0.3) is 5.91 Å². The van der Waals surface area contributed by atoms with Crippen molar-refractivity contribution < 1.29 is 9.53 Å². The minimum atomic E-state index is -0.175. The van der Waals surface area contributed by atoms with E-state index in [0.717, 1.165) is 37.3 Å². The van der Waals surface area contributed by atoms with Gasteiger partial charge in [-0.05, 0) is 36.3 Å². The number of thiophene rings is 1. The summed E-state index contributed by atoms with van der Waals surface area (Å²) in [6.07, 6.45) is 7.04. The third kappa shape index (κ3) is 2.81. The zero-order valence-electron chi connectivity index (χ0n) is 13.3. The molecule has 2 aliphatic heterocycles. The summed E-state index contributed by atoms with van der Waals surface area (Å²) in [5.74, 6) is 0.535. The predicted molar refractivity (Wildman–Crippen MR) is 88.7 cm³/mol. The Morgan fingerprint density at radius 1 is 1.52 bits per heavy atom. The highest BCUT2D eigenvalue weighted by Gasteiger charge is 2.45. The van der Waals surface area contributed by atoms with Gasteiger partial charge in [-0.25, -0.2) is 0 Å². The Morgan fingerprint density at radius 3 is 3.17 bits per heavy atom. The van der Waals surface area contributed by atoms with Crippen LogP contribution in [0.15, 0.2) is 29.9 Å². The van der Waals surface area contributed by atoms with Crippen LogP contribution in [0.25, 0.3) is 0 Å². The lowest BCUT2D eigenvalue weighted by Gasteiger charge is -2.39. The number of rotatable bonds is 2. The maximum atomic E-state index is 12.6. The Balaban J connectivity index is 1.48. The van der Waals surface area contributed by atoms with Crippen LogP contribution in [-0.4, -0.2) is 45.9 Å². The molecule has 23 heavy (non-hydrogen) atoms. The summed E-state index contributed by atoms with van der Waals surface area (Å²) >= 11 is 1.51. The Kier molecular flexibility index (Phi) is 3.73. The number of carbonyl (C=O) groups is 1. The SMILES string of the molecule is Cn1cc([C@H]2CO[C@@]3(CCCN(C(=O)c4cccs4)C3)C2)cn1. The molecule has 6 heteroatoms. The lowest BCUT2D eigenvalue weighted by Crippen LogP contribution is -2.49. The first kappa shape index (κ1) is 14.9. The zero-order chi connectivity index (χ0) is 15.9. The first-order valence-electron chi connectivity index (χ1n) is 8.10. The van der Waals surface area contributed by atoms with E-state index in [2.05, 4.69) is 11.3 Å². The fraction of sp³-hybridized carbons (Fsp3) is 0.529. The van der Waals surface area contributed by atoms with Crippen molar-refractivity contribution in [3.63, 3.8) is 0 Å². The van der Waals surface area contributed by atoms with E-state index in [-0.39, 0.29) is 11.5 Å². The van der Waals surface area contributed by atoms with Crippen molar-refractivity contribution in [1.29, 1.82) is 0 Å². The third-order valence-electron chi connectivity index (χ3n) is 4.96. The van der Waals surface area contributed by atoms with Crippen molar-refractivity contribution in [2.75, 3.05) is 19.7 Å². The number of aromatic nitrogens is 2. The summed E-state index contributed by atoms with van der Waals surface area (Å²) in [5, 5.41) is 6.23. The van der Waals surface area contributed by atoms with Gasteiger partial charge in [-0.2, -0.15) is 5.10 Å². The molecule has 4 rings (SSSR count). The predicted octanol–water partition coefficient (Wildman–Crippen LogP) is 2.66. The molecule has 0 N–H and O–H groups in total. The second-order valence-electron chi connectivity index (χ2n) is 6.65. The molecule has 5 nitrogen and oxygen atoms in total. The smallest absolute Gasteiger partial charge is 0.264 e. The number of aryl methyl sites for hydroxylation is 1. The minimum absolute atomic E-state index is 0.146. The Labute approximate surface area is 139 Å². The van der Waals surface area contributed by atoms with Crippen LogP contribution in [0.4, 0.5) is 0 Å². The Morgan fingerprint density at radius 2 is 2.43 bits per heavy atom. The van der Waals surface area contributed by atoms with E-state index in [0.29, 0.717) is 12.5 Å². The molecule has 0 aromatic carbocycles. The number of piperidine rings is 1. The number of ether oxygens (including phenoxy) is 1. The van der Waals surface area contributed by atoms with E-state index in [1.165, 1.54) is 16.9 Å². The van der Waals surface area contributed by atoms with E-state index in [9.17, 15) is 4.79 Å². The van der Waals surface area contributed by atoms with Gasteiger partial charge in [-0.1, -0.05) is 6.07 Å². The number of carbonyl (C=O) groups excluding carboxylic acids is 1. The number of hydrogen-bond acceptors (Lipinski definition) is 4. The van der Waals surface area contributed by atoms with E-state index in [4.69, 9.17) is 4.74 Å². The van der Waals surface area contributed by atoms with Crippen molar-refractivity contribution in [2.45, 2.75) is 30.8 Å². The first-order chi connectivity index (χ1) is 11.2. The van der Waals surface area contributed by atoms with Crippen LogP contribution in [-0.2, 0) is 11.8 Å². The molecule has 122 valence electrons. The fourth-order valence-electron chi connectivity index (χ4n) is 3.82. The van der Waals surface area contributed by atoms with Gasteiger partial charge in [-0.15, -0.1) is 11.3 Å². The molecule has 4 heterocycles. The van der Waals surface area contributed by atoms with Gasteiger partial charge in [-0.3, -0.25) is 9.48 Å². The molecule has 1 amide bonds. The molecule has 1 spiro atoms. The van der Waals surface area contributed by atoms with Crippen LogP contribution < -0.4 is 0 Å². The third-order valence-corrected chi connectivity index (χ3v) is 5.82. The van der Waals surface area contributed by atoms with Crippen molar-refractivity contribution in [3.05, 3.63) is 40.3 Å². The van der Waals surface area contributed by atoms with Gasteiger partial charge in [0.05, 0.1) is 29.8 Å². The molecule has 0 bridgehead atoms. The average molecular weight is 331 g/mol. The van der Waals surface area contributed by atoms with Crippen LogP contribution in [0.1, 0.15) is 40.4 Å². The van der Waals surface area contributed by atoms with Crippen LogP contribution in [0.2, 0.25) is 0 Å². The zero-order valence-corrected chi connectivity index (χ0v) is 14.1. The maximum Gasteiger partial charge on any atom is 0.264 e. The first-order valence-corrected chi connectivity index (χ1v) is 8.98. The molecule has 2 fully saturated rings. The van der Waals surface area contributed by atoms with Crippen LogP contribution in [0, 0.1) is 0 Å². The topological polar surface area (TPSA) is 47.4 Å². The summed E-state index contributed by atoms with van der Waals surface area (Å²) in [5.41, 5.74) is 1.07. The van der Waals surface area contributed by atoms with Crippen molar-refractivity contribution in [1.82, 2.24) is 14.7 Å². The maximum absolute atomic E-state index is 12.6.